The van der Waals surface area contributed by atoms with Crippen molar-refractivity contribution in [2.45, 2.75) is 20.0 Å². The Kier molecular flexibility index (Phi) is 3.77. The zero-order valence-corrected chi connectivity index (χ0v) is 12.1. The van der Waals surface area contributed by atoms with E-state index in [4.69, 9.17) is 16.0 Å². The van der Waals surface area contributed by atoms with Crippen molar-refractivity contribution in [2.75, 3.05) is 0 Å². The molecule has 0 unspecified atom stereocenters. The van der Waals surface area contributed by atoms with Crippen molar-refractivity contribution in [3.8, 4) is 0 Å². The normalized spacial score (nSPS) is 11.1. The second-order valence-electron chi connectivity index (χ2n) is 4.94. The van der Waals surface area contributed by atoms with Crippen LogP contribution in [-0.2, 0) is 13.1 Å². The van der Waals surface area contributed by atoms with Gasteiger partial charge >= 0.3 is 0 Å². The zero-order chi connectivity index (χ0) is 13.9. The maximum Gasteiger partial charge on any atom is 0.199 e. The lowest BCUT2D eigenvalue weighted by Crippen LogP contribution is -2.12. The van der Waals surface area contributed by atoms with Gasteiger partial charge in [0.2, 0.25) is 0 Å². The summed E-state index contributed by atoms with van der Waals surface area (Å²) in [5.74, 6) is 0. The quantitative estimate of drug-likeness (QED) is 0.752. The van der Waals surface area contributed by atoms with Crippen LogP contribution in [0.25, 0.3) is 11.0 Å². The van der Waals surface area contributed by atoms with E-state index in [0.29, 0.717) is 11.8 Å². The van der Waals surface area contributed by atoms with Gasteiger partial charge in [-0.05, 0) is 30.2 Å². The number of rotatable bonds is 4. The summed E-state index contributed by atoms with van der Waals surface area (Å²) in [4.78, 5) is 0. The Balaban J connectivity index is 1.71. The van der Waals surface area contributed by atoms with E-state index in [0.717, 1.165) is 23.1 Å². The number of para-hydroxylation sites is 1. The average molecular weight is 286 g/mol. The highest BCUT2D eigenvalue weighted by Crippen LogP contribution is 2.29. The third-order valence-electron chi connectivity index (χ3n) is 3.40. The topological polar surface area (TPSA) is 25.2 Å². The minimum Gasteiger partial charge on any atom is -0.444 e. The van der Waals surface area contributed by atoms with E-state index in [2.05, 4.69) is 36.5 Å². The predicted octanol–water partition coefficient (Wildman–Crippen LogP) is 4.68. The molecular formula is C17H16ClNO. The summed E-state index contributed by atoms with van der Waals surface area (Å²) in [6.07, 6.45) is 0. The van der Waals surface area contributed by atoms with Crippen molar-refractivity contribution < 1.29 is 4.42 Å². The first-order valence-electron chi connectivity index (χ1n) is 6.66. The first kappa shape index (κ1) is 13.2. The van der Waals surface area contributed by atoms with Gasteiger partial charge in [0.25, 0.3) is 0 Å². The monoisotopic (exact) mass is 285 g/mol. The van der Waals surface area contributed by atoms with Crippen molar-refractivity contribution in [3.05, 3.63) is 70.4 Å². The Morgan fingerprint density at radius 1 is 1.00 bits per heavy atom. The fourth-order valence-electron chi connectivity index (χ4n) is 2.27. The molecule has 3 heteroatoms. The Morgan fingerprint density at radius 3 is 2.55 bits per heavy atom. The van der Waals surface area contributed by atoms with Crippen LogP contribution < -0.4 is 5.32 Å². The Labute approximate surface area is 123 Å². The van der Waals surface area contributed by atoms with Gasteiger partial charge in [-0.3, -0.25) is 0 Å². The van der Waals surface area contributed by atoms with E-state index in [9.17, 15) is 0 Å². The van der Waals surface area contributed by atoms with Crippen molar-refractivity contribution in [2.24, 2.45) is 0 Å². The van der Waals surface area contributed by atoms with Gasteiger partial charge in [-0.15, -0.1) is 0 Å². The molecule has 1 aromatic heterocycles. The second kappa shape index (κ2) is 5.70. The number of benzene rings is 2. The molecule has 0 bridgehead atoms. The molecule has 1 heterocycles. The van der Waals surface area contributed by atoms with Crippen LogP contribution in [0.15, 0.2) is 52.9 Å². The molecule has 1 N–H and O–H groups in total. The number of halogens is 1. The molecule has 0 aliphatic heterocycles. The molecule has 3 rings (SSSR count). The maximum atomic E-state index is 6.16. The smallest absolute Gasteiger partial charge is 0.199 e. The summed E-state index contributed by atoms with van der Waals surface area (Å²) in [7, 11) is 0. The number of furan rings is 1. The van der Waals surface area contributed by atoms with Crippen LogP contribution in [0, 0.1) is 6.92 Å². The molecular weight excluding hydrogens is 270 g/mol. The fourth-order valence-corrected chi connectivity index (χ4v) is 2.52. The zero-order valence-electron chi connectivity index (χ0n) is 11.3. The molecule has 0 aliphatic carbocycles. The number of nitrogens with one attached hydrogen (secondary N) is 1. The summed E-state index contributed by atoms with van der Waals surface area (Å²) >= 11 is 6.16. The van der Waals surface area contributed by atoms with E-state index < -0.39 is 0 Å². The van der Waals surface area contributed by atoms with E-state index >= 15 is 0 Å². The molecule has 0 saturated carbocycles. The van der Waals surface area contributed by atoms with Crippen LogP contribution in [0.3, 0.4) is 0 Å². The highest BCUT2D eigenvalue weighted by Gasteiger charge is 2.11. The maximum absolute atomic E-state index is 6.16. The van der Waals surface area contributed by atoms with Gasteiger partial charge in [0.05, 0.1) is 0 Å². The molecule has 0 radical (unpaired) electrons. The van der Waals surface area contributed by atoms with Crippen molar-refractivity contribution in [3.63, 3.8) is 0 Å². The SMILES string of the molecule is Cc1ccc(CNCc2c(Cl)oc3ccccc23)cc1. The molecule has 0 fully saturated rings. The summed E-state index contributed by atoms with van der Waals surface area (Å²) in [6.45, 7) is 3.61. The average Bonchev–Trinajstić information content (AvgIpc) is 2.77. The van der Waals surface area contributed by atoms with Crippen molar-refractivity contribution >= 4 is 22.6 Å². The summed E-state index contributed by atoms with van der Waals surface area (Å²) in [5, 5.41) is 4.96. The van der Waals surface area contributed by atoms with Gasteiger partial charge < -0.3 is 9.73 Å². The molecule has 2 nitrogen and oxygen atoms in total. The summed E-state index contributed by atoms with van der Waals surface area (Å²) < 4.78 is 5.54. The number of hydrogen-bond acceptors (Lipinski definition) is 2. The molecule has 3 aromatic rings. The van der Waals surface area contributed by atoms with Crippen LogP contribution >= 0.6 is 11.6 Å². The lowest BCUT2D eigenvalue weighted by atomic mass is 10.1. The molecule has 0 saturated heterocycles. The molecule has 0 aliphatic rings. The largest absolute Gasteiger partial charge is 0.444 e. The van der Waals surface area contributed by atoms with E-state index in [1.165, 1.54) is 11.1 Å². The minimum atomic E-state index is 0.475. The molecule has 102 valence electrons. The van der Waals surface area contributed by atoms with E-state index in [1.54, 1.807) is 0 Å². The molecule has 2 aromatic carbocycles. The van der Waals surface area contributed by atoms with Crippen molar-refractivity contribution in [1.29, 1.82) is 0 Å². The lowest BCUT2D eigenvalue weighted by molar-refractivity contribution is 0.604. The molecule has 0 spiro atoms. The van der Waals surface area contributed by atoms with Crippen LogP contribution in [0.4, 0.5) is 0 Å². The summed E-state index contributed by atoms with van der Waals surface area (Å²) in [5.41, 5.74) is 4.40. The van der Waals surface area contributed by atoms with Crippen LogP contribution in [-0.4, -0.2) is 0 Å². The first-order valence-corrected chi connectivity index (χ1v) is 7.04. The molecule has 0 atom stereocenters. The number of aryl methyl sites for hydroxylation is 1. The molecule has 0 amide bonds. The lowest BCUT2D eigenvalue weighted by Gasteiger charge is -2.05. The second-order valence-corrected chi connectivity index (χ2v) is 5.28. The number of hydrogen-bond donors (Lipinski definition) is 1. The Bertz CT molecular complexity index is 715. The standard InChI is InChI=1S/C17H16ClNO/c1-12-6-8-13(9-7-12)10-19-11-15-14-4-2-3-5-16(14)20-17(15)18/h2-9,19H,10-11H2,1H3. The summed E-state index contributed by atoms with van der Waals surface area (Å²) in [6, 6.07) is 16.4. The van der Waals surface area contributed by atoms with Gasteiger partial charge in [-0.2, -0.15) is 0 Å². The van der Waals surface area contributed by atoms with Crippen molar-refractivity contribution in [1.82, 2.24) is 5.32 Å². The molecule has 20 heavy (non-hydrogen) atoms. The highest BCUT2D eigenvalue weighted by molar-refractivity contribution is 6.30. The van der Waals surface area contributed by atoms with Gasteiger partial charge in [0.15, 0.2) is 5.22 Å². The van der Waals surface area contributed by atoms with Crippen LogP contribution in [0.5, 0.6) is 0 Å². The highest BCUT2D eigenvalue weighted by atomic mass is 35.5. The Hall–Kier alpha value is -1.77. The third-order valence-corrected chi connectivity index (χ3v) is 3.71. The van der Waals surface area contributed by atoms with E-state index in [1.807, 2.05) is 24.3 Å². The van der Waals surface area contributed by atoms with E-state index in [-0.39, 0.29) is 0 Å². The minimum absolute atomic E-state index is 0.475. The van der Waals surface area contributed by atoms with Crippen LogP contribution in [0.1, 0.15) is 16.7 Å². The third kappa shape index (κ3) is 2.72. The first-order chi connectivity index (χ1) is 9.74. The predicted molar refractivity (Wildman–Crippen MR) is 82.9 cm³/mol. The van der Waals surface area contributed by atoms with Crippen LogP contribution in [0.2, 0.25) is 5.22 Å². The van der Waals surface area contributed by atoms with Gasteiger partial charge in [-0.1, -0.05) is 48.0 Å². The number of fused-ring (bicyclic) bond motifs is 1. The fraction of sp³-hybridized carbons (Fsp3) is 0.176. The van der Waals surface area contributed by atoms with Gasteiger partial charge in [0, 0.05) is 24.0 Å². The van der Waals surface area contributed by atoms with Gasteiger partial charge in [0.1, 0.15) is 5.58 Å². The Morgan fingerprint density at radius 2 is 1.75 bits per heavy atom. The van der Waals surface area contributed by atoms with Gasteiger partial charge in [-0.25, -0.2) is 0 Å².